The molecule has 0 N–H and O–H groups in total. The van der Waals surface area contributed by atoms with E-state index in [4.69, 9.17) is 51.1 Å². The minimum absolute atomic E-state index is 0.0274. The van der Waals surface area contributed by atoms with Gasteiger partial charge in [-0.3, -0.25) is 0 Å². The average molecular weight is 448 g/mol. The Hall–Kier alpha value is -1.34. The Bertz CT molecular complexity index is 817. The standard InChI is InChI=1S/C16H9Cl4F3O3/c1-25-8-5-11(19)13(12(20)6-8)14(26-15(24)16(21,22)23)9-3-2-7(17)4-10(9)18/h2-6,14H,1H3/t14-/m0/s1. The van der Waals surface area contributed by atoms with Crippen molar-refractivity contribution in [1.82, 2.24) is 0 Å². The third-order valence-corrected chi connectivity index (χ3v) is 4.44. The molecule has 3 nitrogen and oxygen atoms in total. The second-order valence-electron chi connectivity index (χ2n) is 4.95. The summed E-state index contributed by atoms with van der Waals surface area (Å²) in [6, 6.07) is 6.62. The van der Waals surface area contributed by atoms with Crippen molar-refractivity contribution in [2.24, 2.45) is 0 Å². The molecular formula is C16H9Cl4F3O3. The van der Waals surface area contributed by atoms with Gasteiger partial charge < -0.3 is 9.47 Å². The van der Waals surface area contributed by atoms with Crippen molar-refractivity contribution in [3.8, 4) is 5.75 Å². The Morgan fingerprint density at radius 1 is 1.00 bits per heavy atom. The van der Waals surface area contributed by atoms with E-state index in [0.29, 0.717) is 0 Å². The highest BCUT2D eigenvalue weighted by Gasteiger charge is 2.43. The van der Waals surface area contributed by atoms with E-state index in [-0.39, 0.29) is 37.0 Å². The van der Waals surface area contributed by atoms with Crippen molar-refractivity contribution in [3.63, 3.8) is 0 Å². The van der Waals surface area contributed by atoms with Crippen molar-refractivity contribution in [2.45, 2.75) is 12.3 Å². The molecule has 1 atom stereocenters. The Morgan fingerprint density at radius 2 is 1.58 bits per heavy atom. The van der Waals surface area contributed by atoms with Crippen LogP contribution in [-0.2, 0) is 9.53 Å². The fourth-order valence-corrected chi connectivity index (χ4v) is 3.27. The number of benzene rings is 2. The summed E-state index contributed by atoms with van der Waals surface area (Å²) in [5.41, 5.74) is -0.0430. The number of carbonyl (C=O) groups excluding carboxylic acids is 1. The molecule has 0 radical (unpaired) electrons. The summed E-state index contributed by atoms with van der Waals surface area (Å²) in [7, 11) is 1.36. The lowest BCUT2D eigenvalue weighted by Gasteiger charge is -2.23. The molecule has 0 aromatic heterocycles. The molecule has 2 aromatic carbocycles. The van der Waals surface area contributed by atoms with Crippen LogP contribution in [0.1, 0.15) is 17.2 Å². The maximum Gasteiger partial charge on any atom is 0.490 e. The highest BCUT2D eigenvalue weighted by atomic mass is 35.5. The summed E-state index contributed by atoms with van der Waals surface area (Å²) in [4.78, 5) is 11.4. The van der Waals surface area contributed by atoms with Gasteiger partial charge in [-0.1, -0.05) is 52.5 Å². The number of methoxy groups -OCH3 is 1. The van der Waals surface area contributed by atoms with Crippen LogP contribution >= 0.6 is 46.4 Å². The topological polar surface area (TPSA) is 35.5 Å². The third-order valence-electron chi connectivity index (χ3n) is 3.25. The van der Waals surface area contributed by atoms with Gasteiger partial charge in [0, 0.05) is 21.2 Å². The normalized spacial score (nSPS) is 12.6. The van der Waals surface area contributed by atoms with Gasteiger partial charge in [-0.15, -0.1) is 0 Å². The number of rotatable bonds is 4. The summed E-state index contributed by atoms with van der Waals surface area (Å²) >= 11 is 24.1. The first-order valence-electron chi connectivity index (χ1n) is 6.80. The van der Waals surface area contributed by atoms with Gasteiger partial charge in [-0.05, 0) is 24.3 Å². The van der Waals surface area contributed by atoms with Gasteiger partial charge in [0.15, 0.2) is 6.10 Å². The minimum Gasteiger partial charge on any atom is -0.497 e. The number of hydrogen-bond acceptors (Lipinski definition) is 3. The molecule has 0 spiro atoms. The third kappa shape index (κ3) is 4.68. The zero-order chi connectivity index (χ0) is 19.6. The van der Waals surface area contributed by atoms with Crippen LogP contribution in [0.25, 0.3) is 0 Å². The number of alkyl halides is 3. The van der Waals surface area contributed by atoms with E-state index in [1.807, 2.05) is 0 Å². The van der Waals surface area contributed by atoms with Crippen LogP contribution < -0.4 is 4.74 Å². The lowest BCUT2D eigenvalue weighted by Crippen LogP contribution is -2.28. The number of hydrogen-bond donors (Lipinski definition) is 0. The lowest BCUT2D eigenvalue weighted by atomic mass is 10.0. The second-order valence-corrected chi connectivity index (χ2v) is 6.61. The molecule has 2 aromatic rings. The first-order valence-corrected chi connectivity index (χ1v) is 8.31. The fourth-order valence-electron chi connectivity index (χ4n) is 2.10. The average Bonchev–Trinajstić information content (AvgIpc) is 2.52. The van der Waals surface area contributed by atoms with Crippen molar-refractivity contribution in [2.75, 3.05) is 7.11 Å². The predicted octanol–water partition coefficient (Wildman–Crippen LogP) is 6.50. The molecule has 26 heavy (non-hydrogen) atoms. The van der Waals surface area contributed by atoms with Crippen molar-refractivity contribution >= 4 is 52.4 Å². The van der Waals surface area contributed by atoms with E-state index in [9.17, 15) is 18.0 Å². The van der Waals surface area contributed by atoms with Gasteiger partial charge in [0.2, 0.25) is 0 Å². The molecule has 0 aliphatic carbocycles. The fraction of sp³-hybridized carbons (Fsp3) is 0.188. The molecule has 0 bridgehead atoms. The molecule has 140 valence electrons. The van der Waals surface area contributed by atoms with Crippen molar-refractivity contribution in [3.05, 3.63) is 61.5 Å². The Balaban J connectivity index is 2.63. The molecule has 0 heterocycles. The van der Waals surface area contributed by atoms with E-state index in [0.717, 1.165) is 0 Å². The van der Waals surface area contributed by atoms with E-state index in [2.05, 4.69) is 4.74 Å². The van der Waals surface area contributed by atoms with E-state index in [1.165, 1.54) is 37.4 Å². The first kappa shape index (κ1) is 21.0. The van der Waals surface area contributed by atoms with Gasteiger partial charge in [0.25, 0.3) is 0 Å². The zero-order valence-electron chi connectivity index (χ0n) is 12.8. The molecule has 0 saturated heterocycles. The number of carbonyl (C=O) groups is 1. The first-order chi connectivity index (χ1) is 12.0. The molecule has 0 aliphatic heterocycles. The predicted molar refractivity (Wildman–Crippen MR) is 93.5 cm³/mol. The van der Waals surface area contributed by atoms with Crippen LogP contribution in [0.15, 0.2) is 30.3 Å². The number of halogens is 7. The molecular weight excluding hydrogens is 439 g/mol. The minimum atomic E-state index is -5.22. The summed E-state index contributed by atoms with van der Waals surface area (Å²) in [5, 5.41) is 0.0766. The van der Waals surface area contributed by atoms with Gasteiger partial charge in [0.1, 0.15) is 5.75 Å². The van der Waals surface area contributed by atoms with E-state index < -0.39 is 18.2 Å². The van der Waals surface area contributed by atoms with Crippen molar-refractivity contribution in [1.29, 1.82) is 0 Å². The van der Waals surface area contributed by atoms with Gasteiger partial charge in [0.05, 0.1) is 17.2 Å². The lowest BCUT2D eigenvalue weighted by molar-refractivity contribution is -0.203. The zero-order valence-corrected chi connectivity index (χ0v) is 15.9. The molecule has 0 aliphatic rings. The largest absolute Gasteiger partial charge is 0.497 e. The molecule has 2 rings (SSSR count). The van der Waals surface area contributed by atoms with Crippen molar-refractivity contribution < 1.29 is 27.4 Å². The summed E-state index contributed by atoms with van der Waals surface area (Å²) < 4.78 is 47.8. The molecule has 0 fully saturated rings. The Labute approximate surface area is 166 Å². The smallest absolute Gasteiger partial charge is 0.490 e. The summed E-state index contributed by atoms with van der Waals surface area (Å²) in [6.45, 7) is 0. The van der Waals surface area contributed by atoms with Crippen LogP contribution in [0.2, 0.25) is 20.1 Å². The van der Waals surface area contributed by atoms with Crippen LogP contribution in [0, 0.1) is 0 Å². The SMILES string of the molecule is COc1cc(Cl)c([C@@H](OC(=O)C(F)(F)F)c2ccc(Cl)cc2Cl)c(Cl)c1. The quantitative estimate of drug-likeness (QED) is 0.501. The highest BCUT2D eigenvalue weighted by molar-refractivity contribution is 6.37. The van der Waals surface area contributed by atoms with Gasteiger partial charge >= 0.3 is 12.1 Å². The maximum absolute atomic E-state index is 12.7. The maximum atomic E-state index is 12.7. The van der Waals surface area contributed by atoms with Crippen LogP contribution in [-0.4, -0.2) is 19.3 Å². The van der Waals surface area contributed by atoms with Crippen LogP contribution in [0.5, 0.6) is 5.75 Å². The molecule has 0 unspecified atom stereocenters. The molecule has 10 heteroatoms. The molecule has 0 saturated carbocycles. The van der Waals surface area contributed by atoms with Crippen LogP contribution in [0.4, 0.5) is 13.2 Å². The second kappa shape index (κ2) is 8.13. The highest BCUT2D eigenvalue weighted by Crippen LogP contribution is 2.42. The van der Waals surface area contributed by atoms with Crippen LogP contribution in [0.3, 0.4) is 0 Å². The monoisotopic (exact) mass is 446 g/mol. The number of ether oxygens (including phenoxy) is 2. The Kier molecular flexibility index (Phi) is 6.55. The number of esters is 1. The van der Waals surface area contributed by atoms with Gasteiger partial charge in [-0.2, -0.15) is 13.2 Å². The summed E-state index contributed by atoms with van der Waals surface area (Å²) in [5.74, 6) is -2.15. The van der Waals surface area contributed by atoms with E-state index in [1.54, 1.807) is 0 Å². The Morgan fingerprint density at radius 3 is 2.04 bits per heavy atom. The van der Waals surface area contributed by atoms with Gasteiger partial charge in [-0.25, -0.2) is 4.79 Å². The molecule has 0 amide bonds. The van der Waals surface area contributed by atoms with E-state index >= 15 is 0 Å². The summed E-state index contributed by atoms with van der Waals surface area (Å²) in [6.07, 6.45) is -6.83.